The average molecular weight is 305 g/mol. The number of hydrogen-bond acceptors (Lipinski definition) is 1. The van der Waals surface area contributed by atoms with Gasteiger partial charge in [-0.25, -0.2) is 0 Å². The van der Waals surface area contributed by atoms with Crippen molar-refractivity contribution in [2.24, 2.45) is 0 Å². The first kappa shape index (κ1) is 13.9. The largest absolute Gasteiger partial charge is 0.300 e. The minimum Gasteiger partial charge on any atom is -0.300 e. The Morgan fingerprint density at radius 3 is 2.29 bits per heavy atom. The van der Waals surface area contributed by atoms with Crippen LogP contribution in [0.4, 0.5) is 0 Å². The third kappa shape index (κ3) is 3.96. The predicted octanol–water partition coefficient (Wildman–Crippen LogP) is 3.71. The van der Waals surface area contributed by atoms with Gasteiger partial charge in [-0.15, -0.1) is 24.0 Å². The van der Waals surface area contributed by atoms with Gasteiger partial charge in [-0.1, -0.05) is 37.3 Å². The maximum Gasteiger partial charge on any atom is 0.0316 e. The van der Waals surface area contributed by atoms with E-state index in [2.05, 4.69) is 56.1 Å². The summed E-state index contributed by atoms with van der Waals surface area (Å²) in [6, 6.07) is 11.2. The molecule has 0 aromatic heterocycles. The van der Waals surface area contributed by atoms with Gasteiger partial charge in [0.1, 0.15) is 0 Å². The Bertz CT molecular complexity index is 235. The molecule has 1 aromatic rings. The molecule has 0 saturated carbocycles. The molecule has 0 N–H and O–H groups in total. The van der Waals surface area contributed by atoms with E-state index < -0.39 is 0 Å². The van der Waals surface area contributed by atoms with Gasteiger partial charge in [-0.2, -0.15) is 0 Å². The van der Waals surface area contributed by atoms with Crippen molar-refractivity contribution >= 4 is 24.0 Å². The number of benzene rings is 1. The Balaban J connectivity index is 0.00000169. The van der Waals surface area contributed by atoms with Crippen molar-refractivity contribution in [3.05, 3.63) is 35.9 Å². The van der Waals surface area contributed by atoms with E-state index >= 15 is 0 Å². The molecular weight excluding hydrogens is 285 g/mol. The summed E-state index contributed by atoms with van der Waals surface area (Å²) in [4.78, 5) is 2.38. The van der Waals surface area contributed by atoms with Crippen LogP contribution in [0.3, 0.4) is 0 Å². The lowest BCUT2D eigenvalue weighted by molar-refractivity contribution is 0.262. The highest BCUT2D eigenvalue weighted by Crippen LogP contribution is 2.17. The van der Waals surface area contributed by atoms with Crippen LogP contribution < -0.4 is 0 Å². The first-order valence-corrected chi connectivity index (χ1v) is 5.01. The lowest BCUT2D eigenvalue weighted by atomic mass is 10.1. The molecule has 1 aromatic carbocycles. The Morgan fingerprint density at radius 1 is 1.21 bits per heavy atom. The molecule has 0 heterocycles. The monoisotopic (exact) mass is 305 g/mol. The fourth-order valence-corrected chi connectivity index (χ4v) is 1.53. The van der Waals surface area contributed by atoms with Gasteiger partial charge in [-0.3, -0.25) is 4.90 Å². The molecule has 2 heteroatoms. The fraction of sp³-hybridized carbons (Fsp3) is 0.500. The summed E-state index contributed by atoms with van der Waals surface area (Å²) in [6.45, 7) is 5.63. The SMILES string of the molecule is CCCN(C)[C@H](C)c1ccccc1.I. The van der Waals surface area contributed by atoms with Crippen molar-refractivity contribution in [2.75, 3.05) is 13.6 Å². The summed E-state index contributed by atoms with van der Waals surface area (Å²) in [5.74, 6) is 0. The second kappa shape index (κ2) is 7.23. The van der Waals surface area contributed by atoms with Crippen molar-refractivity contribution in [3.63, 3.8) is 0 Å². The molecule has 0 amide bonds. The van der Waals surface area contributed by atoms with Crippen molar-refractivity contribution < 1.29 is 0 Å². The molecule has 1 atom stereocenters. The smallest absolute Gasteiger partial charge is 0.0316 e. The van der Waals surface area contributed by atoms with Gasteiger partial charge in [0.2, 0.25) is 0 Å². The van der Waals surface area contributed by atoms with Crippen LogP contribution in [-0.4, -0.2) is 18.5 Å². The zero-order valence-electron chi connectivity index (χ0n) is 9.23. The quantitative estimate of drug-likeness (QED) is 0.767. The van der Waals surface area contributed by atoms with Gasteiger partial charge in [0.15, 0.2) is 0 Å². The Labute approximate surface area is 105 Å². The predicted molar refractivity (Wildman–Crippen MR) is 73.2 cm³/mol. The van der Waals surface area contributed by atoms with E-state index in [1.165, 1.54) is 12.0 Å². The third-order valence-corrected chi connectivity index (χ3v) is 2.52. The highest BCUT2D eigenvalue weighted by Gasteiger charge is 2.08. The van der Waals surface area contributed by atoms with Crippen molar-refractivity contribution in [1.82, 2.24) is 4.90 Å². The molecule has 0 spiro atoms. The van der Waals surface area contributed by atoms with Crippen LogP contribution in [0.1, 0.15) is 31.9 Å². The lowest BCUT2D eigenvalue weighted by Crippen LogP contribution is -2.22. The number of nitrogens with zero attached hydrogens (tertiary/aromatic N) is 1. The summed E-state index contributed by atoms with van der Waals surface area (Å²) < 4.78 is 0. The minimum atomic E-state index is 0. The molecule has 0 saturated heterocycles. The first-order chi connectivity index (χ1) is 6.25. The molecule has 1 nitrogen and oxygen atoms in total. The molecule has 0 aliphatic heterocycles. The second-order valence-corrected chi connectivity index (χ2v) is 3.57. The van der Waals surface area contributed by atoms with Gasteiger partial charge >= 0.3 is 0 Å². The maximum atomic E-state index is 2.38. The lowest BCUT2D eigenvalue weighted by Gasteiger charge is -2.24. The standard InChI is InChI=1S/C12H19N.HI/c1-4-10-13(3)11(2)12-8-6-5-7-9-12;/h5-9,11H,4,10H2,1-3H3;1H/t11-;/m1./s1. The van der Waals surface area contributed by atoms with Crippen LogP contribution in [0.25, 0.3) is 0 Å². The Kier molecular flexibility index (Phi) is 7.19. The summed E-state index contributed by atoms with van der Waals surface area (Å²) in [5, 5.41) is 0. The van der Waals surface area contributed by atoms with Crippen LogP contribution in [0, 0.1) is 0 Å². The first-order valence-electron chi connectivity index (χ1n) is 5.01. The zero-order chi connectivity index (χ0) is 9.68. The number of hydrogen-bond donors (Lipinski definition) is 0. The van der Waals surface area contributed by atoms with Crippen molar-refractivity contribution in [3.8, 4) is 0 Å². The number of halogens is 1. The molecule has 0 unspecified atom stereocenters. The van der Waals surface area contributed by atoms with Gasteiger partial charge < -0.3 is 0 Å². The molecule has 0 bridgehead atoms. The van der Waals surface area contributed by atoms with Gasteiger partial charge in [-0.05, 0) is 32.5 Å². The molecule has 1 rings (SSSR count). The minimum absolute atomic E-state index is 0. The normalized spacial score (nSPS) is 12.3. The van der Waals surface area contributed by atoms with E-state index in [0.717, 1.165) is 6.54 Å². The topological polar surface area (TPSA) is 3.24 Å². The highest BCUT2D eigenvalue weighted by molar-refractivity contribution is 14.0. The van der Waals surface area contributed by atoms with E-state index in [0.29, 0.717) is 6.04 Å². The summed E-state index contributed by atoms with van der Waals surface area (Å²) in [7, 11) is 2.18. The maximum absolute atomic E-state index is 2.38. The van der Waals surface area contributed by atoms with E-state index in [1.54, 1.807) is 0 Å². The van der Waals surface area contributed by atoms with Crippen LogP contribution in [0.15, 0.2) is 30.3 Å². The van der Waals surface area contributed by atoms with Gasteiger partial charge in [0, 0.05) is 6.04 Å². The molecular formula is C12H20IN. The Morgan fingerprint density at radius 2 is 1.79 bits per heavy atom. The molecule has 80 valence electrons. The summed E-state index contributed by atoms with van der Waals surface area (Å²) in [5.41, 5.74) is 1.40. The van der Waals surface area contributed by atoms with E-state index in [-0.39, 0.29) is 24.0 Å². The van der Waals surface area contributed by atoms with Crippen LogP contribution in [0.2, 0.25) is 0 Å². The summed E-state index contributed by atoms with van der Waals surface area (Å²) in [6.07, 6.45) is 1.22. The van der Waals surface area contributed by atoms with Gasteiger partial charge in [0.05, 0.1) is 0 Å². The second-order valence-electron chi connectivity index (χ2n) is 3.57. The fourth-order valence-electron chi connectivity index (χ4n) is 1.53. The molecule has 0 aliphatic carbocycles. The van der Waals surface area contributed by atoms with Crippen molar-refractivity contribution in [2.45, 2.75) is 26.3 Å². The summed E-state index contributed by atoms with van der Waals surface area (Å²) >= 11 is 0. The third-order valence-electron chi connectivity index (χ3n) is 2.52. The van der Waals surface area contributed by atoms with E-state index in [4.69, 9.17) is 0 Å². The molecule has 0 radical (unpaired) electrons. The van der Waals surface area contributed by atoms with Gasteiger partial charge in [0.25, 0.3) is 0 Å². The molecule has 0 fully saturated rings. The zero-order valence-corrected chi connectivity index (χ0v) is 11.6. The van der Waals surface area contributed by atoms with Crippen molar-refractivity contribution in [1.29, 1.82) is 0 Å². The van der Waals surface area contributed by atoms with E-state index in [1.807, 2.05) is 0 Å². The number of rotatable bonds is 4. The molecule has 14 heavy (non-hydrogen) atoms. The Hall–Kier alpha value is -0.0900. The average Bonchev–Trinajstić information content (AvgIpc) is 2.18. The van der Waals surface area contributed by atoms with E-state index in [9.17, 15) is 0 Å². The van der Waals surface area contributed by atoms with Crippen LogP contribution in [-0.2, 0) is 0 Å². The van der Waals surface area contributed by atoms with Crippen LogP contribution >= 0.6 is 24.0 Å². The molecule has 0 aliphatic rings. The van der Waals surface area contributed by atoms with Crippen LogP contribution in [0.5, 0.6) is 0 Å². The highest BCUT2D eigenvalue weighted by atomic mass is 127.